The zero-order valence-electron chi connectivity index (χ0n) is 19.8. The summed E-state index contributed by atoms with van der Waals surface area (Å²) in [5.41, 5.74) is 1.36. The number of sulfone groups is 1. The molecule has 0 aliphatic heterocycles. The summed E-state index contributed by atoms with van der Waals surface area (Å²) >= 11 is 6.10. The number of carbonyl (C=O) groups is 1. The second-order valence-electron chi connectivity index (χ2n) is 7.87. The van der Waals surface area contributed by atoms with Crippen molar-refractivity contribution >= 4 is 39.4 Å². The lowest BCUT2D eigenvalue weighted by Crippen LogP contribution is -2.24. The van der Waals surface area contributed by atoms with E-state index >= 15 is 0 Å². The maximum Gasteiger partial charge on any atom is 0.185 e. The van der Waals surface area contributed by atoms with Crippen molar-refractivity contribution in [2.75, 3.05) is 19.0 Å². The van der Waals surface area contributed by atoms with Crippen LogP contribution in [0, 0.1) is 5.92 Å². The van der Waals surface area contributed by atoms with Crippen molar-refractivity contribution in [1.29, 1.82) is 0 Å². The second-order valence-corrected chi connectivity index (χ2v) is 10.3. The first-order valence-electron chi connectivity index (χ1n) is 11.1. The van der Waals surface area contributed by atoms with E-state index in [1.54, 1.807) is 63.3 Å². The molecule has 34 heavy (non-hydrogen) atoms. The van der Waals surface area contributed by atoms with E-state index in [4.69, 9.17) is 21.1 Å². The summed E-state index contributed by atoms with van der Waals surface area (Å²) in [6, 6.07) is 9.85. The maximum absolute atomic E-state index is 13.0. The van der Waals surface area contributed by atoms with Gasteiger partial charge in [0.1, 0.15) is 22.5 Å². The van der Waals surface area contributed by atoms with Gasteiger partial charge in [-0.15, -0.1) is 0 Å². The van der Waals surface area contributed by atoms with Crippen LogP contribution in [0.3, 0.4) is 0 Å². The first-order valence-corrected chi connectivity index (χ1v) is 13.1. The van der Waals surface area contributed by atoms with E-state index in [1.165, 1.54) is 18.2 Å². The molecule has 6 nitrogen and oxygen atoms in total. The molecule has 0 aliphatic carbocycles. The van der Waals surface area contributed by atoms with Crippen molar-refractivity contribution in [1.82, 2.24) is 0 Å². The lowest BCUT2D eigenvalue weighted by atomic mass is 10.0. The van der Waals surface area contributed by atoms with Crippen LogP contribution >= 0.6 is 11.6 Å². The third-order valence-corrected chi connectivity index (χ3v) is 6.80. The number of ether oxygens (including phenoxy) is 2. The van der Waals surface area contributed by atoms with E-state index in [0.29, 0.717) is 22.9 Å². The third-order valence-electron chi connectivity index (χ3n) is 4.85. The van der Waals surface area contributed by atoms with Gasteiger partial charge < -0.3 is 14.6 Å². The van der Waals surface area contributed by atoms with Gasteiger partial charge in [0.2, 0.25) is 0 Å². The molecule has 1 atom stereocenters. The number of ketones is 1. The Bertz CT molecular complexity index is 1150. The quantitative estimate of drug-likeness (QED) is 0.397. The lowest BCUT2D eigenvalue weighted by molar-refractivity contribution is -0.124. The predicted molar refractivity (Wildman–Crippen MR) is 136 cm³/mol. The molecule has 0 saturated heterocycles. The van der Waals surface area contributed by atoms with E-state index < -0.39 is 21.7 Å². The molecule has 2 rings (SSSR count). The largest absolute Gasteiger partial charge is 0.492 e. The second kappa shape index (κ2) is 12.7. The van der Waals surface area contributed by atoms with Gasteiger partial charge in [0.05, 0.1) is 24.0 Å². The first-order chi connectivity index (χ1) is 16.1. The van der Waals surface area contributed by atoms with E-state index in [1.807, 2.05) is 6.92 Å². The Morgan fingerprint density at radius 1 is 1.00 bits per heavy atom. The SMILES string of the molecule is CCOc1cc(/C=C/CS(=O)(=O)c2ccc(/C=C/C(=O)[C@@H](O)C(C)C)cc2OCC)ccc1Cl. The fourth-order valence-electron chi connectivity index (χ4n) is 3.05. The topological polar surface area (TPSA) is 89.9 Å². The number of benzene rings is 2. The van der Waals surface area contributed by atoms with Crippen LogP contribution in [0.15, 0.2) is 53.4 Å². The van der Waals surface area contributed by atoms with Crippen LogP contribution in [0.1, 0.15) is 38.8 Å². The average Bonchev–Trinajstić information content (AvgIpc) is 2.79. The van der Waals surface area contributed by atoms with Crippen molar-refractivity contribution in [3.63, 3.8) is 0 Å². The van der Waals surface area contributed by atoms with Gasteiger partial charge in [-0.25, -0.2) is 8.42 Å². The van der Waals surface area contributed by atoms with Crippen molar-refractivity contribution in [2.45, 2.75) is 38.7 Å². The van der Waals surface area contributed by atoms with Crippen LogP contribution in [-0.4, -0.2) is 44.4 Å². The smallest absolute Gasteiger partial charge is 0.185 e. The summed E-state index contributed by atoms with van der Waals surface area (Å²) < 4.78 is 37.0. The van der Waals surface area contributed by atoms with E-state index in [9.17, 15) is 18.3 Å². The number of rotatable bonds is 12. The van der Waals surface area contributed by atoms with Crippen LogP contribution in [-0.2, 0) is 14.6 Å². The van der Waals surface area contributed by atoms with E-state index in [0.717, 1.165) is 5.56 Å². The first kappa shape index (κ1) is 27.6. The Kier molecular flexibility index (Phi) is 10.4. The summed E-state index contributed by atoms with van der Waals surface area (Å²) in [4.78, 5) is 12.1. The molecule has 0 unspecified atom stereocenters. The highest BCUT2D eigenvalue weighted by molar-refractivity contribution is 7.91. The number of hydrogen-bond donors (Lipinski definition) is 1. The van der Waals surface area contributed by atoms with Crippen LogP contribution in [0.5, 0.6) is 11.5 Å². The van der Waals surface area contributed by atoms with Crippen LogP contribution in [0.4, 0.5) is 0 Å². The van der Waals surface area contributed by atoms with Crippen LogP contribution in [0.2, 0.25) is 5.02 Å². The minimum atomic E-state index is -3.68. The Morgan fingerprint density at radius 3 is 2.24 bits per heavy atom. The summed E-state index contributed by atoms with van der Waals surface area (Å²) in [6.45, 7) is 7.87. The Balaban J connectivity index is 2.23. The molecule has 0 fully saturated rings. The number of aliphatic hydroxyl groups is 1. The molecule has 0 aromatic heterocycles. The maximum atomic E-state index is 13.0. The van der Waals surface area contributed by atoms with Gasteiger partial charge in [-0.1, -0.05) is 55.8 Å². The highest BCUT2D eigenvalue weighted by Crippen LogP contribution is 2.28. The number of halogens is 1. The Labute approximate surface area is 206 Å². The van der Waals surface area contributed by atoms with Crippen molar-refractivity contribution in [2.24, 2.45) is 5.92 Å². The fraction of sp³-hybridized carbons (Fsp3) is 0.346. The third kappa shape index (κ3) is 7.72. The van der Waals surface area contributed by atoms with Gasteiger partial charge >= 0.3 is 0 Å². The normalized spacial score (nSPS) is 13.0. The minimum absolute atomic E-state index is 0.0656. The molecule has 2 aromatic carbocycles. The van der Waals surface area contributed by atoms with Crippen molar-refractivity contribution in [3.05, 3.63) is 64.7 Å². The predicted octanol–water partition coefficient (Wildman–Crippen LogP) is 5.22. The standard InChI is InChI=1S/C26H31ClO6S/c1-5-32-23-16-19(9-12-21(23)27)8-7-15-34(30,31)25-14-11-20(17-24(25)33-6-2)10-13-22(28)26(29)18(3)4/h7-14,16-18,26,29H,5-6,15H2,1-4H3/b8-7+,13-10+/t26-/m0/s1. The summed E-state index contributed by atoms with van der Waals surface area (Å²) in [7, 11) is -3.68. The molecular weight excluding hydrogens is 476 g/mol. The lowest BCUT2D eigenvalue weighted by Gasteiger charge is -2.12. The van der Waals surface area contributed by atoms with Crippen molar-refractivity contribution in [3.8, 4) is 11.5 Å². The zero-order valence-corrected chi connectivity index (χ0v) is 21.4. The van der Waals surface area contributed by atoms with Gasteiger partial charge in [-0.2, -0.15) is 0 Å². The molecule has 0 amide bonds. The Hall–Kier alpha value is -2.61. The molecule has 184 valence electrons. The molecule has 0 bridgehead atoms. The zero-order chi connectivity index (χ0) is 25.3. The molecule has 0 aliphatic rings. The Morgan fingerprint density at radius 2 is 1.59 bits per heavy atom. The van der Waals surface area contributed by atoms with Gasteiger partial charge in [-0.05, 0) is 61.2 Å². The molecule has 0 heterocycles. The van der Waals surface area contributed by atoms with Gasteiger partial charge in [0.15, 0.2) is 15.6 Å². The highest BCUT2D eigenvalue weighted by Gasteiger charge is 2.19. The molecule has 0 spiro atoms. The van der Waals surface area contributed by atoms with Gasteiger partial charge in [-0.3, -0.25) is 4.79 Å². The molecule has 1 N–H and O–H groups in total. The minimum Gasteiger partial charge on any atom is -0.492 e. The molecule has 0 saturated carbocycles. The highest BCUT2D eigenvalue weighted by atomic mass is 35.5. The summed E-state index contributed by atoms with van der Waals surface area (Å²) in [5, 5.41) is 10.3. The monoisotopic (exact) mass is 506 g/mol. The number of aliphatic hydroxyl groups excluding tert-OH is 1. The fourth-order valence-corrected chi connectivity index (χ4v) is 4.45. The van der Waals surface area contributed by atoms with Crippen molar-refractivity contribution < 1.29 is 27.8 Å². The number of carbonyl (C=O) groups excluding carboxylic acids is 1. The summed E-state index contributed by atoms with van der Waals surface area (Å²) in [6.07, 6.45) is 4.99. The van der Waals surface area contributed by atoms with Crippen LogP contribution in [0.25, 0.3) is 12.2 Å². The average molecular weight is 507 g/mol. The molecule has 0 radical (unpaired) electrons. The van der Waals surface area contributed by atoms with Crippen LogP contribution < -0.4 is 9.47 Å². The van der Waals surface area contributed by atoms with E-state index in [2.05, 4.69) is 0 Å². The van der Waals surface area contributed by atoms with E-state index in [-0.39, 0.29) is 28.9 Å². The van der Waals surface area contributed by atoms with Gasteiger partial charge in [0, 0.05) is 0 Å². The molecule has 8 heteroatoms. The molecule has 2 aromatic rings. The number of hydrogen-bond acceptors (Lipinski definition) is 6. The summed E-state index contributed by atoms with van der Waals surface area (Å²) in [5.74, 6) is -0.0933. The van der Waals surface area contributed by atoms with Gasteiger partial charge in [0.25, 0.3) is 0 Å². The molecular formula is C26H31ClO6S.